The van der Waals surface area contributed by atoms with Crippen LogP contribution in [0.1, 0.15) is 0 Å². The van der Waals surface area contributed by atoms with E-state index in [0.29, 0.717) is 0 Å². The molecule has 3 nitrogen and oxygen atoms in total. The van der Waals surface area contributed by atoms with Crippen LogP contribution in [0.4, 0.5) is 0 Å². The average molecular weight is 104 g/mol. The lowest BCUT2D eigenvalue weighted by molar-refractivity contribution is -0.443. The summed E-state index contributed by atoms with van der Waals surface area (Å²) in [6, 6.07) is 0. The molecule has 0 aliphatic carbocycles. The quantitative estimate of drug-likeness (QED) is 0.457. The van der Waals surface area contributed by atoms with E-state index in [-0.39, 0.29) is 5.48 Å². The molecule has 0 saturated heterocycles. The van der Waals surface area contributed by atoms with Gasteiger partial charge in [0.2, 0.25) is 6.20 Å². The molecule has 0 bridgehead atoms. The number of aromatic nitrogens is 2. The number of hydrogen-bond acceptors (Lipinski definition) is 3. The van der Waals surface area contributed by atoms with E-state index >= 15 is 0 Å². The van der Waals surface area contributed by atoms with E-state index < -0.39 is 0 Å². The topological polar surface area (TPSA) is 57.0 Å². The zero-order chi connectivity index (χ0) is 3.54. The first-order valence-corrected chi connectivity index (χ1v) is 2.10. The standard InChI is InChI=1S/C2H2N2S.H2O/c1-2-5-4-3-1;/h1-2H;1H2. The van der Waals surface area contributed by atoms with Crippen molar-refractivity contribution in [2.45, 2.75) is 0 Å². The lowest BCUT2D eigenvalue weighted by Gasteiger charge is -1.31. The van der Waals surface area contributed by atoms with Crippen molar-refractivity contribution < 1.29 is 10.6 Å². The van der Waals surface area contributed by atoms with Gasteiger partial charge in [0.25, 0.3) is 0 Å². The van der Waals surface area contributed by atoms with Gasteiger partial charge in [-0.15, -0.1) is 0 Å². The maximum atomic E-state index is 3.64. The summed E-state index contributed by atoms with van der Waals surface area (Å²) in [6.45, 7) is 0. The third kappa shape index (κ3) is 1.09. The second-order valence-electron chi connectivity index (χ2n) is 0.629. The highest BCUT2D eigenvalue weighted by atomic mass is 32.1. The molecule has 6 heavy (non-hydrogen) atoms. The zero-order valence-corrected chi connectivity index (χ0v) is 3.77. The molecule has 1 heterocycles. The Kier molecular flexibility index (Phi) is 2.52. The molecule has 0 radical (unpaired) electrons. The molecule has 0 aliphatic heterocycles. The molecule has 0 spiro atoms. The molecule has 1 aromatic heterocycles. The highest BCUT2D eigenvalue weighted by Gasteiger charge is 1.70. The lowest BCUT2D eigenvalue weighted by Crippen LogP contribution is -1.94. The van der Waals surface area contributed by atoms with Gasteiger partial charge in [-0.25, -0.2) is 0 Å². The molecule has 0 aromatic carbocycles. The molecular weight excluding hydrogens is 100 g/mol. The number of H-pyrrole nitrogens is 1. The molecule has 34 valence electrons. The van der Waals surface area contributed by atoms with Crippen LogP contribution in [-0.4, -0.2) is 9.96 Å². The van der Waals surface area contributed by atoms with Gasteiger partial charge in [0.05, 0.1) is 9.87 Å². The predicted molar refractivity (Wildman–Crippen MR) is 20.6 cm³/mol. The summed E-state index contributed by atoms with van der Waals surface area (Å²) in [7, 11) is 0. The molecule has 0 aliphatic rings. The van der Waals surface area contributed by atoms with E-state index in [1.54, 1.807) is 6.20 Å². The number of nitrogens with one attached hydrogen (secondary N) is 1. The third-order valence-electron chi connectivity index (χ3n) is 0.309. The van der Waals surface area contributed by atoms with Crippen LogP contribution in [-0.2, 0) is 0 Å². The molecule has 2 N–H and O–H groups in total. The summed E-state index contributed by atoms with van der Waals surface area (Å²) in [5.74, 6) is 0. The summed E-state index contributed by atoms with van der Waals surface area (Å²) in [6.07, 6.45) is 1.78. The molecule has 0 amide bonds. The fourth-order valence-corrected chi connectivity index (χ4v) is 0.456. The maximum absolute atomic E-state index is 3.64. The molecule has 1 rings (SSSR count). The Morgan fingerprint density at radius 3 is 2.67 bits per heavy atom. The minimum Gasteiger partial charge on any atom is -0.870 e. The Bertz CT molecular complexity index is 68.0. The van der Waals surface area contributed by atoms with Crippen molar-refractivity contribution in [3.05, 3.63) is 11.6 Å². The molecule has 0 fully saturated rings. The largest absolute Gasteiger partial charge is 0.870 e. The Labute approximate surface area is 39.1 Å². The predicted octanol–water partition coefficient (Wildman–Crippen LogP) is -0.220. The first-order valence-electron chi connectivity index (χ1n) is 1.26. The Morgan fingerprint density at radius 1 is 1.67 bits per heavy atom. The minimum atomic E-state index is 0. The van der Waals surface area contributed by atoms with E-state index in [0.717, 1.165) is 0 Å². The lowest BCUT2D eigenvalue weighted by atomic mass is 11.1. The van der Waals surface area contributed by atoms with E-state index in [9.17, 15) is 0 Å². The highest BCUT2D eigenvalue weighted by molar-refractivity contribution is 7.03. The molecule has 1 aromatic rings. The number of aromatic amines is 1. The van der Waals surface area contributed by atoms with Crippen molar-refractivity contribution in [2.24, 2.45) is 0 Å². The molecule has 0 atom stereocenters. The monoisotopic (exact) mass is 104 g/mol. The molecular formula is C2H4N2OS. The van der Waals surface area contributed by atoms with Gasteiger partial charge >= 0.3 is 0 Å². The van der Waals surface area contributed by atoms with Crippen LogP contribution in [0.3, 0.4) is 0 Å². The summed E-state index contributed by atoms with van der Waals surface area (Å²) in [5, 5.41) is 4.50. The summed E-state index contributed by atoms with van der Waals surface area (Å²) < 4.78 is 3.64. The summed E-state index contributed by atoms with van der Waals surface area (Å²) in [5.41, 5.74) is 0. The van der Waals surface area contributed by atoms with Crippen molar-refractivity contribution in [3.8, 4) is 0 Å². The van der Waals surface area contributed by atoms with Crippen molar-refractivity contribution in [1.82, 2.24) is 4.49 Å². The van der Waals surface area contributed by atoms with Crippen molar-refractivity contribution >= 4 is 11.5 Å². The Hall–Kier alpha value is -0.480. The molecule has 0 saturated carbocycles. The first-order chi connectivity index (χ1) is 2.50. The van der Waals surface area contributed by atoms with Gasteiger partial charge in [0.15, 0.2) is 0 Å². The van der Waals surface area contributed by atoms with Crippen molar-refractivity contribution in [2.75, 3.05) is 0 Å². The molecule has 4 heteroatoms. The van der Waals surface area contributed by atoms with Crippen LogP contribution in [0.2, 0.25) is 0 Å². The average Bonchev–Trinajstić information content (AvgIpc) is 1.76. The molecule has 0 unspecified atom stereocenters. The second-order valence-corrected chi connectivity index (χ2v) is 1.29. The van der Waals surface area contributed by atoms with Gasteiger partial charge in [-0.2, -0.15) is 0 Å². The number of nitrogens with zero attached hydrogens (tertiary/aromatic N) is 1. The van der Waals surface area contributed by atoms with Gasteiger partial charge in [0, 0.05) is 11.5 Å². The Morgan fingerprint density at radius 2 is 2.50 bits per heavy atom. The van der Waals surface area contributed by atoms with Gasteiger partial charge < -0.3 is 5.48 Å². The van der Waals surface area contributed by atoms with Gasteiger partial charge in [-0.3, -0.25) is 0 Å². The van der Waals surface area contributed by atoms with Crippen LogP contribution in [0.15, 0.2) is 11.6 Å². The van der Waals surface area contributed by atoms with Crippen LogP contribution in [0.25, 0.3) is 0 Å². The normalized spacial score (nSPS) is 6.67. The number of rotatable bonds is 0. The van der Waals surface area contributed by atoms with Crippen LogP contribution < -0.4 is 5.10 Å². The second kappa shape index (κ2) is 2.74. The maximum Gasteiger partial charge on any atom is 0.206 e. The number of hydrogen-bond donors (Lipinski definition) is 0. The highest BCUT2D eigenvalue weighted by Crippen LogP contribution is 1.73. The van der Waals surface area contributed by atoms with Gasteiger partial charge in [-0.05, 0) is 0 Å². The van der Waals surface area contributed by atoms with E-state index in [1.165, 1.54) is 11.5 Å². The SMILES string of the molecule is [OH-].c1csn[nH+]1. The fraction of sp³-hybridized carbons (Fsp3) is 0. The van der Waals surface area contributed by atoms with Crippen LogP contribution in [0, 0.1) is 0 Å². The van der Waals surface area contributed by atoms with Crippen LogP contribution in [0.5, 0.6) is 0 Å². The third-order valence-corrected chi connectivity index (χ3v) is 0.777. The fourth-order valence-electron chi connectivity index (χ4n) is 0.152. The van der Waals surface area contributed by atoms with E-state index in [2.05, 4.69) is 9.59 Å². The van der Waals surface area contributed by atoms with Gasteiger partial charge in [-0.1, -0.05) is 5.10 Å². The first kappa shape index (κ1) is 5.52. The van der Waals surface area contributed by atoms with Gasteiger partial charge in [0.1, 0.15) is 0 Å². The summed E-state index contributed by atoms with van der Waals surface area (Å²) in [4.78, 5) is 0. The van der Waals surface area contributed by atoms with E-state index in [4.69, 9.17) is 0 Å². The van der Waals surface area contributed by atoms with Crippen molar-refractivity contribution in [1.29, 1.82) is 0 Å². The van der Waals surface area contributed by atoms with Crippen molar-refractivity contribution in [3.63, 3.8) is 0 Å². The summed E-state index contributed by atoms with van der Waals surface area (Å²) >= 11 is 1.41. The van der Waals surface area contributed by atoms with Crippen LogP contribution >= 0.6 is 11.5 Å². The zero-order valence-electron chi connectivity index (χ0n) is 2.96. The smallest absolute Gasteiger partial charge is 0.206 e. The minimum absolute atomic E-state index is 0. The van der Waals surface area contributed by atoms with E-state index in [1.807, 2.05) is 5.38 Å². The Balaban J connectivity index is 0.000000250.